The molecule has 0 atom stereocenters. The Morgan fingerprint density at radius 2 is 1.80 bits per heavy atom. The van der Waals surface area contributed by atoms with Crippen LogP contribution in [0.1, 0.15) is 16.7 Å². The van der Waals surface area contributed by atoms with E-state index in [4.69, 9.17) is 4.74 Å². The van der Waals surface area contributed by atoms with Gasteiger partial charge in [-0.2, -0.15) is 5.10 Å². The maximum atomic E-state index is 13.0. The fraction of sp³-hybridized carbons (Fsp3) is 0.286. The minimum absolute atomic E-state index is 0.122. The van der Waals surface area contributed by atoms with E-state index < -0.39 is 0 Å². The molecule has 1 aromatic heterocycles. The zero-order valence-corrected chi connectivity index (χ0v) is 20.7. The van der Waals surface area contributed by atoms with Crippen LogP contribution in [0.2, 0.25) is 0 Å². The van der Waals surface area contributed by atoms with Crippen LogP contribution in [0.5, 0.6) is 5.75 Å². The summed E-state index contributed by atoms with van der Waals surface area (Å²) in [5.41, 5.74) is 7.92. The fourth-order valence-electron chi connectivity index (χ4n) is 4.74. The number of amides is 2. The minimum atomic E-state index is -0.122. The van der Waals surface area contributed by atoms with E-state index in [1.54, 1.807) is 7.11 Å². The van der Waals surface area contributed by atoms with Gasteiger partial charge >= 0.3 is 6.03 Å². The van der Waals surface area contributed by atoms with Gasteiger partial charge in [0.15, 0.2) is 5.82 Å². The van der Waals surface area contributed by atoms with Gasteiger partial charge in [-0.1, -0.05) is 29.8 Å². The number of ether oxygens (including phenoxy) is 1. The Morgan fingerprint density at radius 3 is 2.57 bits per heavy atom. The van der Waals surface area contributed by atoms with Gasteiger partial charge in [0.25, 0.3) is 0 Å². The summed E-state index contributed by atoms with van der Waals surface area (Å²) < 4.78 is 5.55. The highest BCUT2D eigenvalue weighted by Crippen LogP contribution is 2.33. The van der Waals surface area contributed by atoms with E-state index in [0.717, 1.165) is 46.4 Å². The summed E-state index contributed by atoms with van der Waals surface area (Å²) >= 11 is 0. The van der Waals surface area contributed by atoms with Crippen LogP contribution in [-0.4, -0.2) is 54.4 Å². The van der Waals surface area contributed by atoms with Crippen molar-refractivity contribution in [3.05, 3.63) is 71.3 Å². The zero-order chi connectivity index (χ0) is 24.5. The number of aromatic amines is 1. The number of benzene rings is 3. The van der Waals surface area contributed by atoms with Crippen molar-refractivity contribution in [2.24, 2.45) is 0 Å². The van der Waals surface area contributed by atoms with Crippen LogP contribution in [0.4, 0.5) is 16.3 Å². The number of urea groups is 1. The van der Waals surface area contributed by atoms with Gasteiger partial charge in [-0.3, -0.25) is 10.4 Å². The summed E-state index contributed by atoms with van der Waals surface area (Å²) in [6, 6.07) is 18.5. The summed E-state index contributed by atoms with van der Waals surface area (Å²) in [6.45, 7) is 9.30. The predicted octanol–water partition coefficient (Wildman–Crippen LogP) is 5.52. The summed E-state index contributed by atoms with van der Waals surface area (Å²) in [6.07, 6.45) is 0. The van der Waals surface area contributed by atoms with E-state index in [1.807, 2.05) is 35.2 Å². The van der Waals surface area contributed by atoms with E-state index in [1.165, 1.54) is 16.8 Å². The highest BCUT2D eigenvalue weighted by Gasteiger charge is 2.23. The molecule has 2 heterocycles. The highest BCUT2D eigenvalue weighted by molar-refractivity contribution is 6.00. The lowest BCUT2D eigenvalue weighted by Crippen LogP contribution is -2.50. The molecule has 1 fully saturated rings. The molecule has 1 aliphatic rings. The molecule has 7 nitrogen and oxygen atoms in total. The van der Waals surface area contributed by atoms with Crippen LogP contribution in [-0.2, 0) is 0 Å². The lowest BCUT2D eigenvalue weighted by molar-refractivity contribution is 0.208. The fourth-order valence-corrected chi connectivity index (χ4v) is 4.74. The first kappa shape index (κ1) is 22.8. The van der Waals surface area contributed by atoms with E-state index >= 15 is 0 Å². The number of aryl methyl sites for hydroxylation is 2. The first-order valence-corrected chi connectivity index (χ1v) is 11.9. The monoisotopic (exact) mass is 469 g/mol. The number of fused-ring (bicyclic) bond motifs is 1. The first-order valence-electron chi connectivity index (χ1n) is 11.9. The molecule has 1 saturated heterocycles. The molecular formula is C28H31N5O2. The highest BCUT2D eigenvalue weighted by atomic mass is 16.5. The van der Waals surface area contributed by atoms with Crippen molar-refractivity contribution in [2.75, 3.05) is 43.5 Å². The van der Waals surface area contributed by atoms with Crippen molar-refractivity contribution in [1.82, 2.24) is 15.1 Å². The molecule has 1 aliphatic heterocycles. The van der Waals surface area contributed by atoms with Crippen LogP contribution >= 0.6 is 0 Å². The summed E-state index contributed by atoms with van der Waals surface area (Å²) in [7, 11) is 1.68. The maximum Gasteiger partial charge on any atom is 0.323 e. The number of hydrogen-bond acceptors (Lipinski definition) is 4. The predicted molar refractivity (Wildman–Crippen MR) is 142 cm³/mol. The second-order valence-corrected chi connectivity index (χ2v) is 9.16. The molecule has 2 amide bonds. The number of anilines is 2. The van der Waals surface area contributed by atoms with Gasteiger partial charge < -0.3 is 14.5 Å². The number of hydrogen-bond donors (Lipinski definition) is 2. The Bertz CT molecular complexity index is 1390. The van der Waals surface area contributed by atoms with E-state index in [2.05, 4.69) is 65.5 Å². The van der Waals surface area contributed by atoms with Crippen LogP contribution in [0.15, 0.2) is 54.6 Å². The number of carbonyl (C=O) groups is 1. The van der Waals surface area contributed by atoms with Crippen molar-refractivity contribution in [3.8, 4) is 16.9 Å². The molecule has 0 unspecified atom stereocenters. The van der Waals surface area contributed by atoms with E-state index in [-0.39, 0.29) is 6.03 Å². The number of rotatable bonds is 4. The lowest BCUT2D eigenvalue weighted by atomic mass is 10.0. The molecule has 0 aliphatic carbocycles. The van der Waals surface area contributed by atoms with Gasteiger partial charge in [0.2, 0.25) is 0 Å². The largest absolute Gasteiger partial charge is 0.496 e. The smallest absolute Gasteiger partial charge is 0.323 e. The average molecular weight is 470 g/mol. The van der Waals surface area contributed by atoms with Gasteiger partial charge in [-0.05, 0) is 67.8 Å². The molecule has 0 saturated carbocycles. The van der Waals surface area contributed by atoms with Gasteiger partial charge in [0, 0.05) is 42.8 Å². The molecular weight excluding hydrogens is 438 g/mol. The minimum Gasteiger partial charge on any atom is -0.496 e. The Kier molecular flexibility index (Phi) is 6.07. The normalized spacial score (nSPS) is 13.8. The first-order chi connectivity index (χ1) is 16.9. The van der Waals surface area contributed by atoms with Crippen molar-refractivity contribution in [1.29, 1.82) is 0 Å². The average Bonchev–Trinajstić information content (AvgIpc) is 3.27. The molecule has 7 heteroatoms. The third-order valence-corrected chi connectivity index (χ3v) is 6.94. The molecule has 2 N–H and O–H groups in total. The molecule has 0 radical (unpaired) electrons. The van der Waals surface area contributed by atoms with Gasteiger partial charge in [-0.15, -0.1) is 0 Å². The molecule has 5 rings (SSSR count). The number of methoxy groups -OCH3 is 1. The van der Waals surface area contributed by atoms with Crippen molar-refractivity contribution in [2.45, 2.75) is 20.8 Å². The molecule has 4 aromatic rings. The standard InChI is InChI=1S/C28H31N5O2/c1-18-8-11-26(35-4)23(16-18)21-9-10-22-24(17-21)30-31-27(22)29-28(34)33-14-12-32(13-15-33)25-7-5-6-19(2)20(25)3/h5-11,16-17H,12-15H2,1-4H3,(H2,29,30,31,34). The van der Waals surface area contributed by atoms with Crippen molar-refractivity contribution in [3.63, 3.8) is 0 Å². The summed E-state index contributed by atoms with van der Waals surface area (Å²) in [5.74, 6) is 1.37. The van der Waals surface area contributed by atoms with Gasteiger partial charge in [0.05, 0.1) is 12.6 Å². The summed E-state index contributed by atoms with van der Waals surface area (Å²) in [4.78, 5) is 17.2. The maximum absolute atomic E-state index is 13.0. The van der Waals surface area contributed by atoms with Crippen molar-refractivity contribution < 1.29 is 9.53 Å². The molecule has 3 aromatic carbocycles. The molecule has 35 heavy (non-hydrogen) atoms. The third kappa shape index (κ3) is 4.41. The van der Waals surface area contributed by atoms with Crippen LogP contribution in [0, 0.1) is 20.8 Å². The molecule has 0 bridgehead atoms. The Labute approximate surface area is 205 Å². The van der Waals surface area contributed by atoms with Gasteiger partial charge in [-0.25, -0.2) is 4.79 Å². The Morgan fingerprint density at radius 1 is 1.00 bits per heavy atom. The van der Waals surface area contributed by atoms with Crippen LogP contribution in [0.3, 0.4) is 0 Å². The molecule has 180 valence electrons. The number of piperazine rings is 1. The zero-order valence-electron chi connectivity index (χ0n) is 20.7. The topological polar surface area (TPSA) is 73.5 Å². The van der Waals surface area contributed by atoms with E-state index in [0.29, 0.717) is 18.9 Å². The van der Waals surface area contributed by atoms with E-state index in [9.17, 15) is 4.79 Å². The second kappa shape index (κ2) is 9.33. The number of nitrogens with zero attached hydrogens (tertiary/aromatic N) is 3. The molecule has 0 spiro atoms. The number of carbonyl (C=O) groups excluding carboxylic acids is 1. The summed E-state index contributed by atoms with van der Waals surface area (Å²) in [5, 5.41) is 11.3. The number of aromatic nitrogens is 2. The lowest BCUT2D eigenvalue weighted by Gasteiger charge is -2.36. The van der Waals surface area contributed by atoms with Crippen LogP contribution in [0.25, 0.3) is 22.0 Å². The number of nitrogens with one attached hydrogen (secondary N) is 2. The number of H-pyrrole nitrogens is 1. The Hall–Kier alpha value is -4.00. The van der Waals surface area contributed by atoms with Crippen molar-refractivity contribution >= 4 is 28.4 Å². The SMILES string of the molecule is COc1ccc(C)cc1-c1ccc2c(NC(=O)N3CCN(c4cccc(C)c4C)CC3)n[nH]c2c1. The second-order valence-electron chi connectivity index (χ2n) is 9.16. The quantitative estimate of drug-likeness (QED) is 0.413. The van der Waals surface area contributed by atoms with Gasteiger partial charge in [0.1, 0.15) is 5.75 Å². The Balaban J connectivity index is 1.29. The van der Waals surface area contributed by atoms with Crippen LogP contribution < -0.4 is 15.0 Å². The third-order valence-electron chi connectivity index (χ3n) is 6.94.